The smallest absolute Gasteiger partial charge is 0.214 e. The Bertz CT molecular complexity index is 343. The molecule has 1 heterocycles. The van der Waals surface area contributed by atoms with Crippen molar-refractivity contribution >= 4 is 26.0 Å². The molecule has 1 aliphatic rings. The third-order valence-electron chi connectivity index (χ3n) is 2.77. The van der Waals surface area contributed by atoms with Crippen LogP contribution in [0.5, 0.6) is 0 Å². The highest BCUT2D eigenvalue weighted by Crippen LogP contribution is 2.24. The summed E-state index contributed by atoms with van der Waals surface area (Å²) in [4.78, 5) is 0. The molecule has 1 unspecified atom stereocenters. The van der Waals surface area contributed by atoms with Crippen molar-refractivity contribution < 1.29 is 13.2 Å². The van der Waals surface area contributed by atoms with Gasteiger partial charge in [-0.3, -0.25) is 0 Å². The highest BCUT2D eigenvalue weighted by atomic mass is 79.9. The molecular weight excluding hydrogens is 306 g/mol. The van der Waals surface area contributed by atoms with Gasteiger partial charge in [0.05, 0.1) is 17.5 Å². The minimum Gasteiger partial charge on any atom is -0.369 e. The summed E-state index contributed by atoms with van der Waals surface area (Å²) in [5.41, 5.74) is -0.407. The van der Waals surface area contributed by atoms with E-state index in [9.17, 15) is 8.42 Å². The van der Waals surface area contributed by atoms with E-state index in [0.29, 0.717) is 18.4 Å². The normalized spacial score (nSPS) is 26.0. The first-order valence-corrected chi connectivity index (χ1v) is 8.75. The molecular formula is C11H22BrNO3S. The van der Waals surface area contributed by atoms with Crippen molar-refractivity contribution in [2.45, 2.75) is 45.3 Å². The van der Waals surface area contributed by atoms with Crippen molar-refractivity contribution in [2.24, 2.45) is 0 Å². The fourth-order valence-electron chi connectivity index (χ4n) is 1.99. The molecule has 4 nitrogen and oxygen atoms in total. The van der Waals surface area contributed by atoms with Crippen LogP contribution in [0.1, 0.15) is 33.6 Å². The Balaban J connectivity index is 2.76. The van der Waals surface area contributed by atoms with Gasteiger partial charge in [-0.1, -0.05) is 29.3 Å². The summed E-state index contributed by atoms with van der Waals surface area (Å²) in [5, 5.41) is 0.663. The number of nitrogens with zero attached hydrogens (tertiary/aromatic N) is 1. The summed E-state index contributed by atoms with van der Waals surface area (Å²) >= 11 is 3.36. The third kappa shape index (κ3) is 4.50. The van der Waals surface area contributed by atoms with Gasteiger partial charge in [-0.2, -0.15) is 4.31 Å². The lowest BCUT2D eigenvalue weighted by Crippen LogP contribution is -2.55. The van der Waals surface area contributed by atoms with Crippen molar-refractivity contribution in [1.29, 1.82) is 0 Å². The van der Waals surface area contributed by atoms with Gasteiger partial charge in [-0.15, -0.1) is 0 Å². The first-order chi connectivity index (χ1) is 7.80. The molecule has 1 fully saturated rings. The highest BCUT2D eigenvalue weighted by Gasteiger charge is 2.37. The second kappa shape index (κ2) is 5.99. The van der Waals surface area contributed by atoms with Gasteiger partial charge in [0.25, 0.3) is 0 Å². The Morgan fingerprint density at radius 1 is 1.47 bits per heavy atom. The van der Waals surface area contributed by atoms with Crippen LogP contribution in [0.2, 0.25) is 0 Å². The lowest BCUT2D eigenvalue weighted by Gasteiger charge is -2.41. The van der Waals surface area contributed by atoms with Crippen LogP contribution in [0, 0.1) is 0 Å². The average Bonchev–Trinajstić information content (AvgIpc) is 2.24. The molecule has 1 aliphatic heterocycles. The fourth-order valence-corrected chi connectivity index (χ4v) is 4.14. The number of unbranched alkanes of at least 4 members (excludes halogenated alkanes) is 1. The first-order valence-electron chi connectivity index (χ1n) is 6.02. The van der Waals surface area contributed by atoms with Crippen LogP contribution < -0.4 is 0 Å². The molecule has 0 N–H and O–H groups in total. The van der Waals surface area contributed by atoms with Crippen molar-refractivity contribution in [2.75, 3.05) is 24.2 Å². The van der Waals surface area contributed by atoms with Crippen LogP contribution in [0.25, 0.3) is 0 Å². The van der Waals surface area contributed by atoms with E-state index in [1.165, 1.54) is 0 Å². The van der Waals surface area contributed by atoms with Crippen molar-refractivity contribution in [3.63, 3.8) is 0 Å². The van der Waals surface area contributed by atoms with Gasteiger partial charge in [0.15, 0.2) is 0 Å². The molecule has 0 spiro atoms. The SMILES string of the molecule is CCCCS(=O)(=O)N1CC(CBr)OC(C)(C)C1. The molecule has 1 atom stereocenters. The third-order valence-corrected chi connectivity index (χ3v) is 5.36. The minimum absolute atomic E-state index is 0.0600. The maximum Gasteiger partial charge on any atom is 0.214 e. The maximum atomic E-state index is 12.1. The molecule has 0 saturated carbocycles. The second-order valence-corrected chi connectivity index (χ2v) is 7.85. The summed E-state index contributed by atoms with van der Waals surface area (Å²) < 4.78 is 31.7. The van der Waals surface area contributed by atoms with Crippen molar-refractivity contribution in [1.82, 2.24) is 4.31 Å². The fraction of sp³-hybridized carbons (Fsp3) is 1.00. The molecule has 17 heavy (non-hydrogen) atoms. The summed E-state index contributed by atoms with van der Waals surface area (Å²) in [6.45, 7) is 6.78. The van der Waals surface area contributed by atoms with Crippen LogP contribution in [0.4, 0.5) is 0 Å². The number of hydrogen-bond acceptors (Lipinski definition) is 3. The summed E-state index contributed by atoms with van der Waals surface area (Å²) in [6.07, 6.45) is 1.56. The highest BCUT2D eigenvalue weighted by molar-refractivity contribution is 9.09. The molecule has 6 heteroatoms. The number of hydrogen-bond donors (Lipinski definition) is 0. The second-order valence-electron chi connectivity index (χ2n) is 5.12. The standard InChI is InChI=1S/C11H22BrNO3S/c1-4-5-6-17(14,15)13-8-10(7-12)16-11(2,3)9-13/h10H,4-9H2,1-3H3. The molecule has 0 aliphatic carbocycles. The Labute approximate surface area is 113 Å². The van der Waals surface area contributed by atoms with Crippen LogP contribution in [0.3, 0.4) is 0 Å². The molecule has 1 saturated heterocycles. The minimum atomic E-state index is -3.13. The monoisotopic (exact) mass is 327 g/mol. The number of sulfonamides is 1. The summed E-state index contributed by atoms with van der Waals surface area (Å²) in [7, 11) is -3.13. The number of ether oxygens (including phenoxy) is 1. The van der Waals surface area contributed by atoms with E-state index in [4.69, 9.17) is 4.74 Å². The van der Waals surface area contributed by atoms with Gasteiger partial charge >= 0.3 is 0 Å². The zero-order valence-electron chi connectivity index (χ0n) is 10.8. The molecule has 0 aromatic rings. The lowest BCUT2D eigenvalue weighted by atomic mass is 10.1. The zero-order valence-corrected chi connectivity index (χ0v) is 13.2. The molecule has 102 valence electrons. The first kappa shape index (κ1) is 15.4. The topological polar surface area (TPSA) is 46.6 Å². The Morgan fingerprint density at radius 2 is 2.12 bits per heavy atom. The Kier molecular flexibility index (Phi) is 5.43. The van der Waals surface area contributed by atoms with Gasteiger partial charge in [-0.05, 0) is 20.3 Å². The largest absolute Gasteiger partial charge is 0.369 e. The Hall–Kier alpha value is 0.350. The van der Waals surface area contributed by atoms with E-state index in [1.807, 2.05) is 20.8 Å². The Morgan fingerprint density at radius 3 is 2.65 bits per heavy atom. The van der Waals surface area contributed by atoms with Crippen LogP contribution in [-0.2, 0) is 14.8 Å². The van der Waals surface area contributed by atoms with E-state index in [2.05, 4.69) is 15.9 Å². The van der Waals surface area contributed by atoms with E-state index in [1.54, 1.807) is 4.31 Å². The average molecular weight is 328 g/mol. The lowest BCUT2D eigenvalue weighted by molar-refractivity contribution is -0.106. The van der Waals surface area contributed by atoms with Gasteiger partial charge in [0, 0.05) is 18.4 Å². The van der Waals surface area contributed by atoms with E-state index < -0.39 is 15.6 Å². The number of halogens is 1. The molecule has 1 rings (SSSR count). The molecule has 0 aromatic carbocycles. The molecule has 0 amide bonds. The van der Waals surface area contributed by atoms with Crippen molar-refractivity contribution in [3.8, 4) is 0 Å². The summed E-state index contributed by atoms with van der Waals surface area (Å²) in [5.74, 6) is 0.245. The predicted molar refractivity (Wildman–Crippen MR) is 73.0 cm³/mol. The maximum absolute atomic E-state index is 12.1. The predicted octanol–water partition coefficient (Wildman–Crippen LogP) is 1.99. The van der Waals surface area contributed by atoms with Gasteiger partial charge in [-0.25, -0.2) is 8.42 Å². The number of rotatable bonds is 5. The number of morpholine rings is 1. The van der Waals surface area contributed by atoms with Gasteiger partial charge in [0.2, 0.25) is 10.0 Å². The zero-order chi connectivity index (χ0) is 13.1. The van der Waals surface area contributed by atoms with Crippen LogP contribution in [-0.4, -0.2) is 48.6 Å². The van der Waals surface area contributed by atoms with Gasteiger partial charge in [0.1, 0.15) is 0 Å². The molecule has 0 bridgehead atoms. The van der Waals surface area contributed by atoms with E-state index >= 15 is 0 Å². The number of alkyl halides is 1. The summed E-state index contributed by atoms with van der Waals surface area (Å²) in [6, 6.07) is 0. The quantitative estimate of drug-likeness (QED) is 0.725. The van der Waals surface area contributed by atoms with Crippen molar-refractivity contribution in [3.05, 3.63) is 0 Å². The van der Waals surface area contributed by atoms with E-state index in [0.717, 1.165) is 12.8 Å². The molecule has 0 aromatic heterocycles. The van der Waals surface area contributed by atoms with Crippen LogP contribution in [0.15, 0.2) is 0 Å². The van der Waals surface area contributed by atoms with E-state index in [-0.39, 0.29) is 11.9 Å². The van der Waals surface area contributed by atoms with Crippen LogP contribution >= 0.6 is 15.9 Å². The molecule has 0 radical (unpaired) electrons. The van der Waals surface area contributed by atoms with Gasteiger partial charge < -0.3 is 4.74 Å².